The Balaban J connectivity index is 1.97. The van der Waals surface area contributed by atoms with E-state index in [4.69, 9.17) is 21.1 Å². The molecular formula is C14H17ClO2. The molecule has 3 heteroatoms. The van der Waals surface area contributed by atoms with Crippen LogP contribution in [0.15, 0.2) is 35.9 Å². The molecule has 0 saturated carbocycles. The van der Waals surface area contributed by atoms with Gasteiger partial charge in [0.25, 0.3) is 0 Å². The summed E-state index contributed by atoms with van der Waals surface area (Å²) in [6.07, 6.45) is 3.84. The van der Waals surface area contributed by atoms with E-state index in [9.17, 15) is 0 Å². The van der Waals surface area contributed by atoms with Gasteiger partial charge in [-0.3, -0.25) is 0 Å². The van der Waals surface area contributed by atoms with E-state index < -0.39 is 0 Å². The maximum absolute atomic E-state index is 5.80. The first-order valence-electron chi connectivity index (χ1n) is 5.94. The van der Waals surface area contributed by atoms with Crippen LogP contribution in [0.4, 0.5) is 0 Å². The highest BCUT2D eigenvalue weighted by Crippen LogP contribution is 2.21. The second-order valence-corrected chi connectivity index (χ2v) is 4.79. The van der Waals surface area contributed by atoms with E-state index in [1.807, 2.05) is 24.3 Å². The van der Waals surface area contributed by atoms with Crippen LogP contribution in [-0.4, -0.2) is 12.9 Å². The summed E-state index contributed by atoms with van der Waals surface area (Å²) in [6, 6.07) is 7.92. The van der Waals surface area contributed by atoms with Crippen molar-refractivity contribution < 1.29 is 9.47 Å². The maximum Gasteiger partial charge on any atom is 0.199 e. The standard InChI is InChI=1S/C14H17ClO2/c1-11(15)9-12-5-4-6-13(10-12)17-14-7-2-3-8-16-14/h4-6,10,14H,1-3,7-9H2/t14-/m1/s1. The first kappa shape index (κ1) is 12.5. The normalized spacial score (nSPS) is 19.9. The third kappa shape index (κ3) is 4.06. The highest BCUT2D eigenvalue weighted by molar-refractivity contribution is 6.29. The quantitative estimate of drug-likeness (QED) is 0.810. The van der Waals surface area contributed by atoms with Crippen molar-refractivity contribution in [3.8, 4) is 5.75 Å². The van der Waals surface area contributed by atoms with Crippen LogP contribution >= 0.6 is 11.6 Å². The summed E-state index contributed by atoms with van der Waals surface area (Å²) in [4.78, 5) is 0. The summed E-state index contributed by atoms with van der Waals surface area (Å²) in [5, 5.41) is 0.635. The summed E-state index contributed by atoms with van der Waals surface area (Å²) < 4.78 is 11.3. The summed E-state index contributed by atoms with van der Waals surface area (Å²) in [6.45, 7) is 4.49. The molecule has 1 aromatic carbocycles. The number of rotatable bonds is 4. The van der Waals surface area contributed by atoms with Crippen molar-refractivity contribution in [1.29, 1.82) is 0 Å². The van der Waals surface area contributed by atoms with E-state index in [0.29, 0.717) is 11.5 Å². The van der Waals surface area contributed by atoms with Crippen LogP contribution in [0.5, 0.6) is 5.75 Å². The lowest BCUT2D eigenvalue weighted by Gasteiger charge is -2.23. The van der Waals surface area contributed by atoms with E-state index in [2.05, 4.69) is 6.58 Å². The zero-order chi connectivity index (χ0) is 12.1. The molecule has 1 heterocycles. The van der Waals surface area contributed by atoms with Crippen LogP contribution in [-0.2, 0) is 11.2 Å². The Morgan fingerprint density at radius 3 is 3.06 bits per heavy atom. The van der Waals surface area contributed by atoms with Gasteiger partial charge in [0.1, 0.15) is 5.75 Å². The predicted molar refractivity (Wildman–Crippen MR) is 69.4 cm³/mol. The molecule has 1 aliphatic heterocycles. The number of hydrogen-bond acceptors (Lipinski definition) is 2. The maximum atomic E-state index is 5.80. The summed E-state index contributed by atoms with van der Waals surface area (Å²) in [7, 11) is 0. The molecule has 0 radical (unpaired) electrons. The van der Waals surface area contributed by atoms with Crippen molar-refractivity contribution >= 4 is 11.6 Å². The van der Waals surface area contributed by atoms with Gasteiger partial charge in [-0.15, -0.1) is 0 Å². The molecule has 17 heavy (non-hydrogen) atoms. The van der Waals surface area contributed by atoms with Gasteiger partial charge in [0.2, 0.25) is 0 Å². The molecule has 1 aromatic rings. The predicted octanol–water partition coefficient (Wildman–Crippen LogP) is 3.89. The molecule has 2 nitrogen and oxygen atoms in total. The van der Waals surface area contributed by atoms with Gasteiger partial charge < -0.3 is 9.47 Å². The summed E-state index contributed by atoms with van der Waals surface area (Å²) >= 11 is 5.80. The first-order chi connectivity index (χ1) is 8.24. The molecule has 0 spiro atoms. The highest BCUT2D eigenvalue weighted by atomic mass is 35.5. The number of ether oxygens (including phenoxy) is 2. The van der Waals surface area contributed by atoms with Gasteiger partial charge >= 0.3 is 0 Å². The summed E-state index contributed by atoms with van der Waals surface area (Å²) in [5.74, 6) is 0.840. The average Bonchev–Trinajstić information content (AvgIpc) is 2.30. The fourth-order valence-electron chi connectivity index (χ4n) is 1.91. The van der Waals surface area contributed by atoms with Crippen LogP contribution in [0, 0.1) is 0 Å². The van der Waals surface area contributed by atoms with Crippen LogP contribution in [0.25, 0.3) is 0 Å². The van der Waals surface area contributed by atoms with Crippen molar-refractivity contribution in [1.82, 2.24) is 0 Å². The molecule has 0 unspecified atom stereocenters. The molecule has 0 N–H and O–H groups in total. The minimum absolute atomic E-state index is 0.0989. The Labute approximate surface area is 107 Å². The van der Waals surface area contributed by atoms with Gasteiger partial charge in [-0.1, -0.05) is 30.3 Å². The van der Waals surface area contributed by atoms with E-state index in [0.717, 1.165) is 30.8 Å². The second kappa shape index (κ2) is 6.08. The fraction of sp³-hybridized carbons (Fsp3) is 0.429. The molecule has 0 amide bonds. The van der Waals surface area contributed by atoms with E-state index in [1.165, 1.54) is 6.42 Å². The van der Waals surface area contributed by atoms with Gasteiger partial charge in [-0.2, -0.15) is 0 Å². The number of allylic oxidation sites excluding steroid dienone is 1. The SMILES string of the molecule is C=C(Cl)Cc1cccc(O[C@@H]2CCCCO2)c1. The molecule has 2 rings (SSSR count). The highest BCUT2D eigenvalue weighted by Gasteiger charge is 2.15. The lowest BCUT2D eigenvalue weighted by Crippen LogP contribution is -2.24. The third-order valence-electron chi connectivity index (χ3n) is 2.70. The molecular weight excluding hydrogens is 236 g/mol. The molecule has 0 aromatic heterocycles. The van der Waals surface area contributed by atoms with Crippen molar-refractivity contribution in [2.75, 3.05) is 6.61 Å². The topological polar surface area (TPSA) is 18.5 Å². The van der Waals surface area contributed by atoms with Crippen LogP contribution < -0.4 is 4.74 Å². The Morgan fingerprint density at radius 2 is 2.35 bits per heavy atom. The average molecular weight is 253 g/mol. The van der Waals surface area contributed by atoms with Crippen molar-refractivity contribution in [2.24, 2.45) is 0 Å². The minimum Gasteiger partial charge on any atom is -0.465 e. The molecule has 1 fully saturated rings. The Hall–Kier alpha value is -0.990. The van der Waals surface area contributed by atoms with Gasteiger partial charge in [0, 0.05) is 17.9 Å². The lowest BCUT2D eigenvalue weighted by atomic mass is 10.1. The van der Waals surface area contributed by atoms with E-state index in [1.54, 1.807) is 0 Å². The molecule has 1 saturated heterocycles. The minimum atomic E-state index is -0.0989. The summed E-state index contributed by atoms with van der Waals surface area (Å²) in [5.41, 5.74) is 1.11. The lowest BCUT2D eigenvalue weighted by molar-refractivity contribution is -0.105. The fourth-order valence-corrected chi connectivity index (χ4v) is 2.06. The van der Waals surface area contributed by atoms with E-state index in [-0.39, 0.29) is 6.29 Å². The molecule has 0 aliphatic carbocycles. The smallest absolute Gasteiger partial charge is 0.199 e. The largest absolute Gasteiger partial charge is 0.465 e. The van der Waals surface area contributed by atoms with Gasteiger partial charge in [-0.05, 0) is 30.5 Å². The third-order valence-corrected chi connectivity index (χ3v) is 2.83. The molecule has 1 atom stereocenters. The Morgan fingerprint density at radius 1 is 1.47 bits per heavy atom. The van der Waals surface area contributed by atoms with Crippen molar-refractivity contribution in [3.63, 3.8) is 0 Å². The van der Waals surface area contributed by atoms with Crippen molar-refractivity contribution in [3.05, 3.63) is 41.4 Å². The first-order valence-corrected chi connectivity index (χ1v) is 6.32. The zero-order valence-electron chi connectivity index (χ0n) is 9.82. The Kier molecular flexibility index (Phi) is 4.46. The molecule has 0 bridgehead atoms. The van der Waals surface area contributed by atoms with Crippen LogP contribution in [0.1, 0.15) is 24.8 Å². The van der Waals surface area contributed by atoms with Crippen molar-refractivity contribution in [2.45, 2.75) is 32.0 Å². The molecule has 92 valence electrons. The monoisotopic (exact) mass is 252 g/mol. The van der Waals surface area contributed by atoms with Gasteiger partial charge in [0.05, 0.1) is 6.61 Å². The second-order valence-electron chi connectivity index (χ2n) is 4.26. The number of halogens is 1. The van der Waals surface area contributed by atoms with Gasteiger partial charge in [0.15, 0.2) is 6.29 Å². The zero-order valence-corrected chi connectivity index (χ0v) is 10.6. The van der Waals surface area contributed by atoms with Crippen LogP contribution in [0.2, 0.25) is 0 Å². The van der Waals surface area contributed by atoms with Gasteiger partial charge in [-0.25, -0.2) is 0 Å². The molecule has 1 aliphatic rings. The number of benzene rings is 1. The number of hydrogen-bond donors (Lipinski definition) is 0. The van der Waals surface area contributed by atoms with Crippen LogP contribution in [0.3, 0.4) is 0 Å². The Bertz CT molecular complexity index is 384. The van der Waals surface area contributed by atoms with E-state index >= 15 is 0 Å².